The number of amides is 1. The van der Waals surface area contributed by atoms with E-state index < -0.39 is 6.10 Å². The summed E-state index contributed by atoms with van der Waals surface area (Å²) in [5.41, 5.74) is 0.665. The normalized spacial score (nSPS) is 20.0. The molecule has 0 aromatic heterocycles. The Bertz CT molecular complexity index is 513. The summed E-state index contributed by atoms with van der Waals surface area (Å²) >= 11 is 0. The first kappa shape index (κ1) is 18.9. The van der Waals surface area contributed by atoms with E-state index in [1.165, 1.54) is 25.0 Å². The molecule has 3 unspecified atom stereocenters. The SMILES string of the molecule is CC(CC(O)c1ccc(F)cc1)NC(=O)C(C)N1CCCCCC1. The third-order valence-corrected chi connectivity index (χ3v) is 4.79. The standard InChI is InChI=1S/C19H29FN2O2/c1-14(13-18(23)16-7-9-17(20)10-8-16)21-19(24)15(2)22-11-5-3-4-6-12-22/h7-10,14-15,18,23H,3-6,11-13H2,1-2H3,(H,21,24). The van der Waals surface area contributed by atoms with Crippen molar-refractivity contribution in [1.82, 2.24) is 10.2 Å². The molecule has 1 aliphatic heterocycles. The minimum absolute atomic E-state index is 0.00991. The number of carbonyl (C=O) groups excluding carboxylic acids is 1. The number of nitrogens with one attached hydrogen (secondary N) is 1. The number of hydrogen-bond donors (Lipinski definition) is 2. The molecule has 1 aromatic rings. The number of aliphatic hydroxyl groups is 1. The van der Waals surface area contributed by atoms with Gasteiger partial charge < -0.3 is 10.4 Å². The summed E-state index contributed by atoms with van der Waals surface area (Å²) < 4.78 is 12.9. The highest BCUT2D eigenvalue weighted by Crippen LogP contribution is 2.19. The lowest BCUT2D eigenvalue weighted by Crippen LogP contribution is -2.48. The molecule has 1 aliphatic rings. The maximum Gasteiger partial charge on any atom is 0.237 e. The second kappa shape index (κ2) is 9.14. The van der Waals surface area contributed by atoms with Crippen LogP contribution in [0.3, 0.4) is 0 Å². The van der Waals surface area contributed by atoms with E-state index >= 15 is 0 Å². The second-order valence-electron chi connectivity index (χ2n) is 6.84. The van der Waals surface area contributed by atoms with E-state index in [0.29, 0.717) is 12.0 Å². The van der Waals surface area contributed by atoms with Crippen LogP contribution in [0.15, 0.2) is 24.3 Å². The molecular weight excluding hydrogens is 307 g/mol. The van der Waals surface area contributed by atoms with Gasteiger partial charge in [0.05, 0.1) is 12.1 Å². The lowest BCUT2D eigenvalue weighted by atomic mass is 10.0. The lowest BCUT2D eigenvalue weighted by molar-refractivity contribution is -0.126. The van der Waals surface area contributed by atoms with E-state index in [1.54, 1.807) is 12.1 Å². The molecule has 4 nitrogen and oxygen atoms in total. The molecule has 2 rings (SSSR count). The number of carbonyl (C=O) groups is 1. The van der Waals surface area contributed by atoms with Crippen LogP contribution in [0.2, 0.25) is 0 Å². The average molecular weight is 336 g/mol. The van der Waals surface area contributed by atoms with Gasteiger partial charge in [0.25, 0.3) is 0 Å². The van der Waals surface area contributed by atoms with Gasteiger partial charge >= 0.3 is 0 Å². The minimum atomic E-state index is -0.714. The third kappa shape index (κ3) is 5.56. The predicted molar refractivity (Wildman–Crippen MR) is 93.1 cm³/mol. The zero-order valence-electron chi connectivity index (χ0n) is 14.7. The molecule has 0 saturated carbocycles. The van der Waals surface area contributed by atoms with Crippen molar-refractivity contribution >= 4 is 5.91 Å². The summed E-state index contributed by atoms with van der Waals surface area (Å²) in [7, 11) is 0. The van der Waals surface area contributed by atoms with Gasteiger partial charge in [-0.3, -0.25) is 9.69 Å². The monoisotopic (exact) mass is 336 g/mol. The summed E-state index contributed by atoms with van der Waals surface area (Å²) in [5, 5.41) is 13.2. The van der Waals surface area contributed by atoms with Crippen LogP contribution < -0.4 is 5.32 Å². The van der Waals surface area contributed by atoms with Gasteiger partial charge in [-0.25, -0.2) is 4.39 Å². The Hall–Kier alpha value is -1.46. The first-order chi connectivity index (χ1) is 11.5. The number of nitrogens with zero attached hydrogens (tertiary/aromatic N) is 1. The number of hydrogen-bond acceptors (Lipinski definition) is 3. The molecule has 3 atom stereocenters. The Morgan fingerprint density at radius 3 is 2.33 bits per heavy atom. The second-order valence-corrected chi connectivity index (χ2v) is 6.84. The number of rotatable bonds is 6. The molecule has 1 heterocycles. The van der Waals surface area contributed by atoms with Gasteiger partial charge in [0.1, 0.15) is 5.82 Å². The minimum Gasteiger partial charge on any atom is -0.388 e. The largest absolute Gasteiger partial charge is 0.388 e. The van der Waals surface area contributed by atoms with Gasteiger partial charge in [-0.15, -0.1) is 0 Å². The number of benzene rings is 1. The fraction of sp³-hybridized carbons (Fsp3) is 0.632. The van der Waals surface area contributed by atoms with Crippen LogP contribution in [-0.4, -0.2) is 41.1 Å². The summed E-state index contributed by atoms with van der Waals surface area (Å²) in [6.07, 6.45) is 4.47. The molecule has 1 amide bonds. The summed E-state index contributed by atoms with van der Waals surface area (Å²) in [4.78, 5) is 14.7. The van der Waals surface area contributed by atoms with Crippen LogP contribution >= 0.6 is 0 Å². The lowest BCUT2D eigenvalue weighted by Gasteiger charge is -2.28. The van der Waals surface area contributed by atoms with Crippen molar-refractivity contribution in [2.24, 2.45) is 0 Å². The van der Waals surface area contributed by atoms with E-state index in [4.69, 9.17) is 0 Å². The average Bonchev–Trinajstić information content (AvgIpc) is 2.83. The van der Waals surface area contributed by atoms with Crippen molar-refractivity contribution in [3.63, 3.8) is 0 Å². The number of aliphatic hydroxyl groups excluding tert-OH is 1. The van der Waals surface area contributed by atoms with Gasteiger partial charge in [0.2, 0.25) is 5.91 Å². The highest BCUT2D eigenvalue weighted by molar-refractivity contribution is 5.81. The van der Waals surface area contributed by atoms with E-state index in [1.807, 2.05) is 13.8 Å². The fourth-order valence-electron chi connectivity index (χ4n) is 3.23. The van der Waals surface area contributed by atoms with Gasteiger partial charge in [-0.2, -0.15) is 0 Å². The first-order valence-corrected chi connectivity index (χ1v) is 8.95. The quantitative estimate of drug-likeness (QED) is 0.840. The first-order valence-electron chi connectivity index (χ1n) is 8.95. The molecule has 134 valence electrons. The maximum atomic E-state index is 12.9. The van der Waals surface area contributed by atoms with Crippen LogP contribution in [0, 0.1) is 5.82 Å². The molecule has 0 aliphatic carbocycles. The van der Waals surface area contributed by atoms with E-state index in [0.717, 1.165) is 25.9 Å². The molecule has 1 aromatic carbocycles. The molecule has 1 saturated heterocycles. The molecule has 2 N–H and O–H groups in total. The van der Waals surface area contributed by atoms with Crippen molar-refractivity contribution in [2.75, 3.05) is 13.1 Å². The Labute approximate surface area is 144 Å². The molecule has 0 radical (unpaired) electrons. The van der Waals surface area contributed by atoms with Crippen LogP contribution in [0.25, 0.3) is 0 Å². The van der Waals surface area contributed by atoms with Gasteiger partial charge in [-0.1, -0.05) is 25.0 Å². The molecule has 0 spiro atoms. The van der Waals surface area contributed by atoms with Gasteiger partial charge in [0.15, 0.2) is 0 Å². The highest BCUT2D eigenvalue weighted by Gasteiger charge is 2.23. The molecular formula is C19H29FN2O2. The summed E-state index contributed by atoms with van der Waals surface area (Å²) in [5.74, 6) is -0.311. The van der Waals surface area contributed by atoms with Crippen LogP contribution in [-0.2, 0) is 4.79 Å². The Kier molecular flexibility index (Phi) is 7.18. The van der Waals surface area contributed by atoms with Crippen LogP contribution in [0.1, 0.15) is 57.6 Å². The van der Waals surface area contributed by atoms with Crippen molar-refractivity contribution in [1.29, 1.82) is 0 Å². The topological polar surface area (TPSA) is 52.6 Å². The highest BCUT2D eigenvalue weighted by atomic mass is 19.1. The van der Waals surface area contributed by atoms with Crippen LogP contribution in [0.5, 0.6) is 0 Å². The maximum absolute atomic E-state index is 12.9. The fourth-order valence-corrected chi connectivity index (χ4v) is 3.23. The molecule has 1 fully saturated rings. The Morgan fingerprint density at radius 1 is 1.17 bits per heavy atom. The van der Waals surface area contributed by atoms with Crippen molar-refractivity contribution in [3.8, 4) is 0 Å². The summed E-state index contributed by atoms with van der Waals surface area (Å²) in [6.45, 7) is 5.78. The molecule has 24 heavy (non-hydrogen) atoms. The van der Waals surface area contributed by atoms with Crippen molar-refractivity contribution < 1.29 is 14.3 Å². The van der Waals surface area contributed by atoms with E-state index in [2.05, 4.69) is 10.2 Å². The predicted octanol–water partition coefficient (Wildman–Crippen LogP) is 3.02. The number of likely N-dealkylation sites (tertiary alicyclic amines) is 1. The zero-order valence-corrected chi connectivity index (χ0v) is 14.7. The Balaban J connectivity index is 1.82. The van der Waals surface area contributed by atoms with Crippen LogP contribution in [0.4, 0.5) is 4.39 Å². The van der Waals surface area contributed by atoms with E-state index in [9.17, 15) is 14.3 Å². The molecule has 0 bridgehead atoms. The molecule has 5 heteroatoms. The van der Waals surface area contributed by atoms with E-state index in [-0.39, 0.29) is 23.8 Å². The summed E-state index contributed by atoms with van der Waals surface area (Å²) in [6, 6.07) is 5.54. The van der Waals surface area contributed by atoms with Gasteiger partial charge in [0, 0.05) is 6.04 Å². The number of halogens is 1. The third-order valence-electron chi connectivity index (χ3n) is 4.79. The van der Waals surface area contributed by atoms with Gasteiger partial charge in [-0.05, 0) is 63.9 Å². The van der Waals surface area contributed by atoms with Crippen molar-refractivity contribution in [3.05, 3.63) is 35.6 Å². The smallest absolute Gasteiger partial charge is 0.237 e. The van der Waals surface area contributed by atoms with Crippen molar-refractivity contribution in [2.45, 2.75) is 64.1 Å². The zero-order chi connectivity index (χ0) is 17.5. The Morgan fingerprint density at radius 2 is 1.75 bits per heavy atom.